The van der Waals surface area contributed by atoms with Gasteiger partial charge in [0.1, 0.15) is 17.3 Å². The van der Waals surface area contributed by atoms with Crippen LogP contribution in [-0.2, 0) is 10.0 Å². The number of piperazine rings is 1. The van der Waals surface area contributed by atoms with Crippen LogP contribution >= 0.6 is 27.5 Å². The zero-order valence-electron chi connectivity index (χ0n) is 18.2. The molecule has 1 aromatic carbocycles. The molecular formula is C21H23BrClN5O4S. The minimum Gasteiger partial charge on any atom is -0.496 e. The molecule has 1 aliphatic carbocycles. The van der Waals surface area contributed by atoms with Crippen LogP contribution in [0, 0.1) is 0 Å². The summed E-state index contributed by atoms with van der Waals surface area (Å²) >= 11 is 9.95. The van der Waals surface area contributed by atoms with Gasteiger partial charge in [0.15, 0.2) is 0 Å². The molecule has 1 aliphatic heterocycles. The molecule has 2 fully saturated rings. The number of sulfonamides is 1. The first-order valence-electron chi connectivity index (χ1n) is 10.5. The van der Waals surface area contributed by atoms with Crippen LogP contribution in [0.2, 0.25) is 5.02 Å². The lowest BCUT2D eigenvalue weighted by Gasteiger charge is -2.35. The zero-order valence-corrected chi connectivity index (χ0v) is 21.3. The molecule has 2 aliphatic rings. The van der Waals surface area contributed by atoms with Crippen LogP contribution in [0.3, 0.4) is 0 Å². The second kappa shape index (κ2) is 8.61. The maximum absolute atomic E-state index is 12.5. The molecule has 0 atom stereocenters. The maximum Gasteiger partial charge on any atom is 0.236 e. The van der Waals surface area contributed by atoms with Gasteiger partial charge in [-0.15, -0.1) is 0 Å². The third-order valence-electron chi connectivity index (χ3n) is 5.98. The van der Waals surface area contributed by atoms with Gasteiger partial charge in [-0.3, -0.25) is 4.40 Å². The predicted molar refractivity (Wildman–Crippen MR) is 130 cm³/mol. The Balaban J connectivity index is 1.43. The molecule has 0 unspecified atom stereocenters. The van der Waals surface area contributed by atoms with E-state index in [-0.39, 0.29) is 5.25 Å². The van der Waals surface area contributed by atoms with E-state index in [2.05, 4.69) is 25.8 Å². The Morgan fingerprint density at radius 1 is 1.03 bits per heavy atom. The number of imidazole rings is 1. The largest absolute Gasteiger partial charge is 0.496 e. The number of anilines is 1. The molecule has 0 bridgehead atoms. The summed E-state index contributed by atoms with van der Waals surface area (Å²) in [4.78, 5) is 11.5. The van der Waals surface area contributed by atoms with E-state index in [0.717, 1.165) is 28.7 Å². The highest BCUT2D eigenvalue weighted by Gasteiger charge is 2.41. The van der Waals surface area contributed by atoms with Crippen LogP contribution in [0.4, 0.5) is 5.82 Å². The molecule has 9 nitrogen and oxygen atoms in total. The van der Waals surface area contributed by atoms with Crippen molar-refractivity contribution in [2.24, 2.45) is 0 Å². The average molecular weight is 557 g/mol. The molecule has 2 aromatic heterocycles. The first-order chi connectivity index (χ1) is 15.8. The van der Waals surface area contributed by atoms with Gasteiger partial charge in [0.05, 0.1) is 34.7 Å². The number of methoxy groups -OCH3 is 2. The van der Waals surface area contributed by atoms with Crippen LogP contribution in [0.5, 0.6) is 11.5 Å². The Labute approximate surface area is 205 Å². The first kappa shape index (κ1) is 22.7. The van der Waals surface area contributed by atoms with E-state index in [1.807, 2.05) is 16.8 Å². The Hall–Kier alpha value is -2.08. The van der Waals surface area contributed by atoms with Gasteiger partial charge in [-0.25, -0.2) is 13.4 Å². The summed E-state index contributed by atoms with van der Waals surface area (Å²) in [5.41, 5.74) is 1.39. The molecule has 12 heteroatoms. The van der Waals surface area contributed by atoms with Crippen molar-refractivity contribution in [2.75, 3.05) is 45.3 Å². The standard InChI is InChI=1S/C21H23BrClN5O4S/c1-31-18-10-19(32-2)16(23)9-14(18)17-12-27-11-15(22)20(25-21(27)24-17)26-5-7-28(8-6-26)33(29,30)13-3-4-13/h9-13H,3-8H2,1-2H3. The van der Waals surface area contributed by atoms with Crippen LogP contribution in [0.15, 0.2) is 29.0 Å². The second-order valence-electron chi connectivity index (χ2n) is 8.06. The lowest BCUT2D eigenvalue weighted by Crippen LogP contribution is -2.50. The lowest BCUT2D eigenvalue weighted by molar-refractivity contribution is 0.383. The fourth-order valence-corrected chi connectivity index (χ4v) is 6.66. The summed E-state index contributed by atoms with van der Waals surface area (Å²) < 4.78 is 40.1. The van der Waals surface area contributed by atoms with Crippen LogP contribution in [-0.4, -0.2) is 72.7 Å². The minimum absolute atomic E-state index is 0.183. The van der Waals surface area contributed by atoms with Crippen molar-refractivity contribution in [3.8, 4) is 22.8 Å². The third-order valence-corrected chi connectivity index (χ3v) is 9.23. The van der Waals surface area contributed by atoms with Crippen molar-refractivity contribution in [2.45, 2.75) is 18.1 Å². The SMILES string of the molecule is COc1cc(OC)c(-c2cn3cc(Br)c(N4CCN(S(=O)(=O)C5CC5)CC4)nc3n2)cc1Cl. The predicted octanol–water partition coefficient (Wildman–Crippen LogP) is 3.44. The van der Waals surface area contributed by atoms with Crippen molar-refractivity contribution in [1.29, 1.82) is 0 Å². The highest BCUT2D eigenvalue weighted by atomic mass is 79.9. The van der Waals surface area contributed by atoms with E-state index in [9.17, 15) is 8.42 Å². The third kappa shape index (κ3) is 4.16. The molecular weight excluding hydrogens is 534 g/mol. The summed E-state index contributed by atoms with van der Waals surface area (Å²) in [5, 5.41) is 0.274. The topological polar surface area (TPSA) is 89.3 Å². The number of nitrogens with zero attached hydrogens (tertiary/aromatic N) is 5. The smallest absolute Gasteiger partial charge is 0.236 e. The van der Waals surface area contributed by atoms with E-state index in [1.165, 1.54) is 0 Å². The molecule has 5 rings (SSSR count). The molecule has 33 heavy (non-hydrogen) atoms. The van der Waals surface area contributed by atoms with Gasteiger partial charge in [0.25, 0.3) is 0 Å². The number of ether oxygens (including phenoxy) is 2. The van der Waals surface area contributed by atoms with Gasteiger partial charge in [0, 0.05) is 50.2 Å². The molecule has 1 saturated carbocycles. The Morgan fingerprint density at radius 2 is 1.73 bits per heavy atom. The van der Waals surface area contributed by atoms with E-state index in [0.29, 0.717) is 54.2 Å². The van der Waals surface area contributed by atoms with Crippen LogP contribution in [0.1, 0.15) is 12.8 Å². The molecule has 0 N–H and O–H groups in total. The number of hydrogen-bond acceptors (Lipinski definition) is 7. The van der Waals surface area contributed by atoms with Crippen molar-refractivity contribution in [3.05, 3.63) is 34.0 Å². The molecule has 176 valence electrons. The molecule has 3 aromatic rings. The van der Waals surface area contributed by atoms with Gasteiger partial charge < -0.3 is 14.4 Å². The normalized spacial score (nSPS) is 17.5. The summed E-state index contributed by atoms with van der Waals surface area (Å²) in [5.74, 6) is 2.37. The van der Waals surface area contributed by atoms with Crippen molar-refractivity contribution >= 4 is 49.1 Å². The van der Waals surface area contributed by atoms with Gasteiger partial charge in [-0.2, -0.15) is 9.29 Å². The highest BCUT2D eigenvalue weighted by molar-refractivity contribution is 9.10. The first-order valence-corrected chi connectivity index (χ1v) is 13.2. The lowest BCUT2D eigenvalue weighted by atomic mass is 10.1. The Kier molecular flexibility index (Phi) is 5.92. The number of benzene rings is 1. The molecule has 0 spiro atoms. The quantitative estimate of drug-likeness (QED) is 0.459. The molecule has 0 amide bonds. The van der Waals surface area contributed by atoms with E-state index < -0.39 is 10.0 Å². The van der Waals surface area contributed by atoms with Gasteiger partial charge in [-0.1, -0.05) is 11.6 Å². The second-order valence-corrected chi connectivity index (χ2v) is 11.5. The van der Waals surface area contributed by atoms with E-state index in [4.69, 9.17) is 26.1 Å². The molecule has 1 saturated heterocycles. The fraction of sp³-hybridized carbons (Fsp3) is 0.429. The summed E-state index contributed by atoms with van der Waals surface area (Å²) in [6.45, 7) is 2.06. The number of halogens is 2. The van der Waals surface area contributed by atoms with Crippen LogP contribution in [0.25, 0.3) is 17.0 Å². The van der Waals surface area contributed by atoms with Gasteiger partial charge in [-0.05, 0) is 34.8 Å². The van der Waals surface area contributed by atoms with Gasteiger partial charge in [0.2, 0.25) is 15.8 Å². The molecule has 3 heterocycles. The summed E-state index contributed by atoms with van der Waals surface area (Å²) in [6, 6.07) is 3.49. The fourth-order valence-electron chi connectivity index (χ4n) is 4.03. The monoisotopic (exact) mass is 555 g/mol. The van der Waals surface area contributed by atoms with E-state index in [1.54, 1.807) is 30.7 Å². The number of aromatic nitrogens is 3. The average Bonchev–Trinajstić information content (AvgIpc) is 3.60. The van der Waals surface area contributed by atoms with Crippen molar-refractivity contribution < 1.29 is 17.9 Å². The zero-order chi connectivity index (χ0) is 23.3. The Morgan fingerprint density at radius 3 is 2.36 bits per heavy atom. The summed E-state index contributed by atoms with van der Waals surface area (Å²) in [6.07, 6.45) is 5.31. The van der Waals surface area contributed by atoms with Crippen LogP contribution < -0.4 is 14.4 Å². The minimum atomic E-state index is -3.16. The highest BCUT2D eigenvalue weighted by Crippen LogP contribution is 2.38. The maximum atomic E-state index is 12.5. The Bertz CT molecular complexity index is 1320. The number of fused-ring (bicyclic) bond motifs is 1. The van der Waals surface area contributed by atoms with Gasteiger partial charge >= 0.3 is 0 Å². The number of hydrogen-bond donors (Lipinski definition) is 0. The van der Waals surface area contributed by atoms with Crippen molar-refractivity contribution in [1.82, 2.24) is 18.7 Å². The van der Waals surface area contributed by atoms with E-state index >= 15 is 0 Å². The number of rotatable bonds is 6. The summed E-state index contributed by atoms with van der Waals surface area (Å²) in [7, 11) is -0.0230. The van der Waals surface area contributed by atoms with Crippen molar-refractivity contribution in [3.63, 3.8) is 0 Å². The molecule has 0 radical (unpaired) electrons.